The number of aryl methyl sites for hydroxylation is 1. The lowest BCUT2D eigenvalue weighted by Gasteiger charge is -2.36. The monoisotopic (exact) mass is 352 g/mol. The van der Waals surface area contributed by atoms with Crippen molar-refractivity contribution in [3.63, 3.8) is 0 Å². The molecular weight excluding hydrogens is 332 g/mol. The highest BCUT2D eigenvalue weighted by molar-refractivity contribution is 7.09. The molecule has 0 saturated heterocycles. The normalized spacial score (nSPS) is 16.7. The lowest BCUT2D eigenvalue weighted by atomic mass is 10.0. The molecule has 4 rings (SSSR count). The zero-order valence-corrected chi connectivity index (χ0v) is 14.9. The van der Waals surface area contributed by atoms with Crippen LogP contribution in [0.25, 0.3) is 0 Å². The highest BCUT2D eigenvalue weighted by atomic mass is 32.1. The van der Waals surface area contributed by atoms with Gasteiger partial charge in [0, 0.05) is 36.6 Å². The molecule has 0 aliphatic carbocycles. The van der Waals surface area contributed by atoms with Gasteiger partial charge in [0.05, 0.1) is 10.7 Å². The van der Waals surface area contributed by atoms with Gasteiger partial charge in [-0.05, 0) is 37.1 Å². The second kappa shape index (κ2) is 6.80. The maximum absolute atomic E-state index is 13.2. The van der Waals surface area contributed by atoms with Crippen LogP contribution in [-0.4, -0.2) is 31.9 Å². The third-order valence-corrected chi connectivity index (χ3v) is 5.41. The molecule has 0 aromatic carbocycles. The Morgan fingerprint density at radius 1 is 1.28 bits per heavy atom. The highest BCUT2D eigenvalue weighted by Crippen LogP contribution is 2.32. The van der Waals surface area contributed by atoms with Crippen LogP contribution in [0.15, 0.2) is 48.1 Å². The standard InChI is InChI=1S/C19H20N4OS/c1-2-6-17-21-15(13-25-17)19(24)23-12-11-22-10-5-8-16(22)18(23)14-7-3-4-9-20-14/h3-5,7-10,13,18H,2,6,11-12H2,1H3/t18-/m1/s1. The van der Waals surface area contributed by atoms with Crippen LogP contribution in [-0.2, 0) is 13.0 Å². The van der Waals surface area contributed by atoms with Crippen LogP contribution in [0.3, 0.4) is 0 Å². The van der Waals surface area contributed by atoms with Gasteiger partial charge in [0.1, 0.15) is 11.7 Å². The van der Waals surface area contributed by atoms with E-state index in [0.717, 1.165) is 35.8 Å². The van der Waals surface area contributed by atoms with E-state index in [4.69, 9.17) is 0 Å². The van der Waals surface area contributed by atoms with Crippen molar-refractivity contribution in [2.75, 3.05) is 6.54 Å². The summed E-state index contributed by atoms with van der Waals surface area (Å²) in [5.41, 5.74) is 2.54. The number of aromatic nitrogens is 3. The number of nitrogens with zero attached hydrogens (tertiary/aromatic N) is 4. The number of rotatable bonds is 4. The van der Waals surface area contributed by atoms with Crippen LogP contribution in [0, 0.1) is 0 Å². The number of carbonyl (C=O) groups excluding carboxylic acids is 1. The Bertz CT molecular complexity index is 870. The molecule has 0 spiro atoms. The number of carbonyl (C=O) groups is 1. The molecule has 3 aromatic heterocycles. The maximum atomic E-state index is 13.2. The largest absolute Gasteiger partial charge is 0.347 e. The number of hydrogen-bond acceptors (Lipinski definition) is 4. The summed E-state index contributed by atoms with van der Waals surface area (Å²) >= 11 is 1.57. The topological polar surface area (TPSA) is 51.0 Å². The van der Waals surface area contributed by atoms with E-state index in [1.54, 1.807) is 17.5 Å². The molecule has 128 valence electrons. The zero-order chi connectivity index (χ0) is 17.2. The summed E-state index contributed by atoms with van der Waals surface area (Å²) in [6.07, 6.45) is 5.80. The van der Waals surface area contributed by atoms with Crippen LogP contribution in [0.2, 0.25) is 0 Å². The van der Waals surface area contributed by atoms with Gasteiger partial charge in [-0.3, -0.25) is 9.78 Å². The van der Waals surface area contributed by atoms with Gasteiger partial charge < -0.3 is 9.47 Å². The van der Waals surface area contributed by atoms with Gasteiger partial charge >= 0.3 is 0 Å². The minimum atomic E-state index is -0.172. The van der Waals surface area contributed by atoms with Gasteiger partial charge in [0.2, 0.25) is 0 Å². The summed E-state index contributed by atoms with van der Waals surface area (Å²) in [6, 6.07) is 9.78. The lowest BCUT2D eigenvalue weighted by Crippen LogP contribution is -2.42. The van der Waals surface area contributed by atoms with Crippen LogP contribution in [0.4, 0.5) is 0 Å². The van der Waals surface area contributed by atoms with E-state index in [1.807, 2.05) is 34.5 Å². The van der Waals surface area contributed by atoms with Crippen LogP contribution < -0.4 is 0 Å². The summed E-state index contributed by atoms with van der Waals surface area (Å²) in [4.78, 5) is 24.1. The summed E-state index contributed by atoms with van der Waals surface area (Å²) in [6.45, 7) is 3.57. The minimum Gasteiger partial charge on any atom is -0.347 e. The zero-order valence-electron chi connectivity index (χ0n) is 14.1. The van der Waals surface area contributed by atoms with Crippen molar-refractivity contribution in [2.45, 2.75) is 32.4 Å². The van der Waals surface area contributed by atoms with E-state index >= 15 is 0 Å². The predicted molar refractivity (Wildman–Crippen MR) is 97.7 cm³/mol. The van der Waals surface area contributed by atoms with E-state index in [1.165, 1.54) is 0 Å². The average molecular weight is 352 g/mol. The van der Waals surface area contributed by atoms with Crippen LogP contribution in [0.1, 0.15) is 46.3 Å². The molecule has 0 N–H and O–H groups in total. The van der Waals surface area contributed by atoms with Gasteiger partial charge in [0.25, 0.3) is 5.91 Å². The van der Waals surface area contributed by atoms with Crippen LogP contribution in [0.5, 0.6) is 0 Å². The molecule has 3 aromatic rings. The third kappa shape index (κ3) is 2.98. The van der Waals surface area contributed by atoms with Crippen molar-refractivity contribution in [1.29, 1.82) is 0 Å². The minimum absolute atomic E-state index is 0.0123. The lowest BCUT2D eigenvalue weighted by molar-refractivity contribution is 0.0654. The predicted octanol–water partition coefficient (Wildman–Crippen LogP) is 3.54. The molecule has 1 aliphatic heterocycles. The van der Waals surface area contributed by atoms with E-state index in [9.17, 15) is 4.79 Å². The van der Waals surface area contributed by atoms with E-state index in [0.29, 0.717) is 12.2 Å². The molecule has 0 fully saturated rings. The number of thiazole rings is 1. The molecule has 0 saturated carbocycles. The van der Waals surface area contributed by atoms with Crippen molar-refractivity contribution >= 4 is 17.2 Å². The second-order valence-electron chi connectivity index (χ2n) is 6.16. The molecule has 4 heterocycles. The summed E-state index contributed by atoms with van der Waals surface area (Å²) in [5.74, 6) is -0.0123. The fraction of sp³-hybridized carbons (Fsp3) is 0.316. The first-order chi connectivity index (χ1) is 12.3. The van der Waals surface area contributed by atoms with Gasteiger partial charge in [-0.1, -0.05) is 13.0 Å². The average Bonchev–Trinajstić information content (AvgIpc) is 3.30. The van der Waals surface area contributed by atoms with Gasteiger partial charge in [-0.2, -0.15) is 0 Å². The van der Waals surface area contributed by atoms with E-state index in [-0.39, 0.29) is 11.9 Å². The molecule has 1 amide bonds. The molecule has 25 heavy (non-hydrogen) atoms. The molecular formula is C19H20N4OS. The molecule has 1 aliphatic rings. The molecule has 6 heteroatoms. The highest BCUT2D eigenvalue weighted by Gasteiger charge is 2.34. The Morgan fingerprint density at radius 3 is 3.00 bits per heavy atom. The van der Waals surface area contributed by atoms with Crippen molar-refractivity contribution in [2.24, 2.45) is 0 Å². The van der Waals surface area contributed by atoms with Crippen molar-refractivity contribution in [3.8, 4) is 0 Å². The van der Waals surface area contributed by atoms with Crippen molar-refractivity contribution in [3.05, 3.63) is 70.2 Å². The maximum Gasteiger partial charge on any atom is 0.274 e. The fourth-order valence-corrected chi connectivity index (χ4v) is 4.21. The second-order valence-corrected chi connectivity index (χ2v) is 7.10. The van der Waals surface area contributed by atoms with Gasteiger partial charge in [-0.25, -0.2) is 4.98 Å². The van der Waals surface area contributed by atoms with E-state index in [2.05, 4.69) is 33.7 Å². The van der Waals surface area contributed by atoms with E-state index < -0.39 is 0 Å². The Kier molecular flexibility index (Phi) is 4.36. The summed E-state index contributed by atoms with van der Waals surface area (Å²) in [7, 11) is 0. The fourth-order valence-electron chi connectivity index (χ4n) is 3.34. The first-order valence-electron chi connectivity index (χ1n) is 8.59. The third-order valence-electron chi connectivity index (χ3n) is 4.50. The molecule has 0 unspecified atom stereocenters. The molecule has 0 radical (unpaired) electrons. The quantitative estimate of drug-likeness (QED) is 0.722. The first-order valence-corrected chi connectivity index (χ1v) is 9.47. The number of pyridine rings is 1. The number of fused-ring (bicyclic) bond motifs is 1. The van der Waals surface area contributed by atoms with Gasteiger partial charge in [0.15, 0.2) is 0 Å². The molecule has 5 nitrogen and oxygen atoms in total. The summed E-state index contributed by atoms with van der Waals surface area (Å²) < 4.78 is 2.20. The Hall–Kier alpha value is -2.47. The number of amides is 1. The first kappa shape index (κ1) is 16.0. The van der Waals surface area contributed by atoms with Crippen molar-refractivity contribution < 1.29 is 4.79 Å². The van der Waals surface area contributed by atoms with Crippen LogP contribution >= 0.6 is 11.3 Å². The van der Waals surface area contributed by atoms with Gasteiger partial charge in [-0.15, -0.1) is 11.3 Å². The number of hydrogen-bond donors (Lipinski definition) is 0. The summed E-state index contributed by atoms with van der Waals surface area (Å²) in [5, 5.41) is 2.91. The smallest absolute Gasteiger partial charge is 0.274 e. The molecule has 1 atom stereocenters. The Balaban J connectivity index is 1.70. The Labute approximate surface area is 151 Å². The Morgan fingerprint density at radius 2 is 2.20 bits per heavy atom. The molecule has 0 bridgehead atoms. The van der Waals surface area contributed by atoms with Crippen molar-refractivity contribution in [1.82, 2.24) is 19.4 Å². The SMILES string of the molecule is CCCc1nc(C(=O)N2CCn3cccc3[C@H]2c2ccccn2)cs1.